The number of carbonyl (C=O) groups is 2. The number of rotatable bonds is 14. The number of hydrogen-bond acceptors (Lipinski definition) is 4. The number of benzene rings is 1. The molecular formula is C24H38O4. The van der Waals surface area contributed by atoms with Crippen LogP contribution in [0.1, 0.15) is 111 Å². The molecule has 0 N–H and O–H groups in total. The average molecular weight is 391 g/mol. The maximum absolute atomic E-state index is 13.0. The first-order valence-corrected chi connectivity index (χ1v) is 11.1. The second kappa shape index (κ2) is 14.2. The summed E-state index contributed by atoms with van der Waals surface area (Å²) in [6.45, 7) is 9.16. The first kappa shape index (κ1) is 24.2. The Kier molecular flexibility index (Phi) is 12.3. The molecule has 0 atom stereocenters. The van der Waals surface area contributed by atoms with Crippen molar-refractivity contribution in [2.24, 2.45) is 0 Å². The molecule has 0 aliphatic carbocycles. The van der Waals surface area contributed by atoms with Gasteiger partial charge in [-0.3, -0.25) is 0 Å². The highest BCUT2D eigenvalue weighted by molar-refractivity contribution is 6.04. The highest BCUT2D eigenvalue weighted by Gasteiger charge is 2.25. The van der Waals surface area contributed by atoms with Gasteiger partial charge in [0.15, 0.2) is 0 Å². The molecule has 0 fully saturated rings. The topological polar surface area (TPSA) is 52.6 Å². The average Bonchev–Trinajstić information content (AvgIpc) is 2.70. The fraction of sp³-hybridized carbons (Fsp3) is 0.667. The summed E-state index contributed by atoms with van der Waals surface area (Å²) in [5.74, 6) is -0.809. The Labute approximate surface area is 171 Å². The van der Waals surface area contributed by atoms with Crippen molar-refractivity contribution in [3.63, 3.8) is 0 Å². The van der Waals surface area contributed by atoms with Crippen molar-refractivity contribution in [1.29, 1.82) is 0 Å². The van der Waals surface area contributed by atoms with E-state index in [9.17, 15) is 9.59 Å². The minimum Gasteiger partial charge on any atom is -0.462 e. The molecule has 0 saturated heterocycles. The Morgan fingerprint density at radius 3 is 1.82 bits per heavy atom. The van der Waals surface area contributed by atoms with Gasteiger partial charge in [0.25, 0.3) is 0 Å². The molecule has 0 unspecified atom stereocenters. The summed E-state index contributed by atoms with van der Waals surface area (Å²) < 4.78 is 10.9. The lowest BCUT2D eigenvalue weighted by Crippen LogP contribution is -2.19. The molecule has 28 heavy (non-hydrogen) atoms. The van der Waals surface area contributed by atoms with Crippen molar-refractivity contribution in [1.82, 2.24) is 0 Å². The van der Waals surface area contributed by atoms with Crippen LogP contribution in [0.2, 0.25) is 0 Å². The van der Waals surface area contributed by atoms with E-state index in [1.807, 2.05) is 6.07 Å². The lowest BCUT2D eigenvalue weighted by Gasteiger charge is -2.18. The van der Waals surface area contributed by atoms with Gasteiger partial charge in [0.1, 0.15) is 0 Å². The van der Waals surface area contributed by atoms with E-state index in [1.165, 1.54) is 0 Å². The molecule has 0 radical (unpaired) electrons. The first-order valence-electron chi connectivity index (χ1n) is 11.1. The van der Waals surface area contributed by atoms with Crippen molar-refractivity contribution in [2.75, 3.05) is 13.2 Å². The van der Waals surface area contributed by atoms with E-state index in [0.717, 1.165) is 75.3 Å². The fourth-order valence-electron chi connectivity index (χ4n) is 3.10. The van der Waals surface area contributed by atoms with Gasteiger partial charge >= 0.3 is 11.9 Å². The molecule has 4 nitrogen and oxygen atoms in total. The van der Waals surface area contributed by atoms with Crippen LogP contribution in [-0.4, -0.2) is 25.2 Å². The van der Waals surface area contributed by atoms with Gasteiger partial charge in [-0.05, 0) is 55.7 Å². The normalized spacial score (nSPS) is 10.7. The maximum atomic E-state index is 13.0. The van der Waals surface area contributed by atoms with Crippen LogP contribution in [0.4, 0.5) is 0 Å². The third kappa shape index (κ3) is 7.65. The van der Waals surface area contributed by atoms with E-state index >= 15 is 0 Å². The minimum absolute atomic E-state index is 0.351. The number of ether oxygens (including phenoxy) is 2. The zero-order valence-electron chi connectivity index (χ0n) is 18.3. The van der Waals surface area contributed by atoms with E-state index in [4.69, 9.17) is 9.47 Å². The molecular weight excluding hydrogens is 352 g/mol. The van der Waals surface area contributed by atoms with Gasteiger partial charge in [-0.25, -0.2) is 9.59 Å². The number of hydrogen-bond donors (Lipinski definition) is 0. The summed E-state index contributed by atoms with van der Waals surface area (Å²) in [6, 6.07) is 3.75. The Hall–Kier alpha value is -1.84. The minimum atomic E-state index is -0.421. The predicted octanol–water partition coefficient (Wildman–Crippen LogP) is 6.29. The second-order valence-corrected chi connectivity index (χ2v) is 7.31. The Morgan fingerprint density at radius 2 is 1.25 bits per heavy atom. The third-order valence-corrected chi connectivity index (χ3v) is 4.88. The second-order valence-electron chi connectivity index (χ2n) is 7.31. The Morgan fingerprint density at radius 1 is 0.714 bits per heavy atom. The number of esters is 2. The number of aryl methyl sites for hydroxylation is 1. The largest absolute Gasteiger partial charge is 0.462 e. The van der Waals surface area contributed by atoms with Crippen molar-refractivity contribution >= 4 is 11.9 Å². The van der Waals surface area contributed by atoms with E-state index in [1.54, 1.807) is 6.07 Å². The maximum Gasteiger partial charge on any atom is 0.339 e. The van der Waals surface area contributed by atoms with Crippen LogP contribution >= 0.6 is 0 Å². The van der Waals surface area contributed by atoms with Crippen LogP contribution < -0.4 is 0 Å². The molecule has 0 spiro atoms. The summed E-state index contributed by atoms with van der Waals surface area (Å²) in [5.41, 5.74) is 2.91. The monoisotopic (exact) mass is 390 g/mol. The summed E-state index contributed by atoms with van der Waals surface area (Å²) in [6.07, 6.45) is 9.40. The molecule has 158 valence electrons. The molecule has 0 aromatic heterocycles. The quantitative estimate of drug-likeness (QED) is 0.277. The van der Waals surface area contributed by atoms with Gasteiger partial charge in [0.05, 0.1) is 24.3 Å². The molecule has 1 aromatic rings. The highest BCUT2D eigenvalue weighted by Crippen LogP contribution is 2.25. The lowest BCUT2D eigenvalue weighted by atomic mass is 9.90. The van der Waals surface area contributed by atoms with Gasteiger partial charge in [-0.1, -0.05) is 59.4 Å². The van der Waals surface area contributed by atoms with E-state index < -0.39 is 5.97 Å². The lowest BCUT2D eigenvalue weighted by molar-refractivity contribution is 0.0451. The summed E-state index contributed by atoms with van der Waals surface area (Å²) in [4.78, 5) is 25.7. The van der Waals surface area contributed by atoms with Crippen LogP contribution in [0.5, 0.6) is 0 Å². The number of unbranched alkanes of at least 4 members (excludes halogenated alkanes) is 4. The molecule has 0 bridgehead atoms. The van der Waals surface area contributed by atoms with Gasteiger partial charge in [0.2, 0.25) is 0 Å². The van der Waals surface area contributed by atoms with E-state index in [2.05, 4.69) is 27.7 Å². The summed E-state index contributed by atoms with van der Waals surface area (Å²) in [5, 5.41) is 0. The van der Waals surface area contributed by atoms with Crippen molar-refractivity contribution in [3.05, 3.63) is 34.4 Å². The zero-order chi connectivity index (χ0) is 20.8. The van der Waals surface area contributed by atoms with Crippen LogP contribution in [0.15, 0.2) is 12.1 Å². The third-order valence-electron chi connectivity index (χ3n) is 4.88. The fourth-order valence-corrected chi connectivity index (χ4v) is 3.10. The van der Waals surface area contributed by atoms with Crippen molar-refractivity contribution in [3.8, 4) is 0 Å². The van der Waals surface area contributed by atoms with Crippen LogP contribution in [-0.2, 0) is 22.3 Å². The Balaban J connectivity index is 3.30. The van der Waals surface area contributed by atoms with Gasteiger partial charge in [0, 0.05) is 0 Å². The molecule has 4 heteroatoms. The predicted molar refractivity (Wildman–Crippen MR) is 114 cm³/mol. The SMILES string of the molecule is CCCCOC(=O)c1ccc(CCCC)c(CCCC)c1C(=O)OCCCC. The molecule has 0 heterocycles. The molecule has 0 aliphatic heterocycles. The summed E-state index contributed by atoms with van der Waals surface area (Å²) >= 11 is 0. The smallest absolute Gasteiger partial charge is 0.339 e. The van der Waals surface area contributed by atoms with Gasteiger partial charge < -0.3 is 9.47 Å². The van der Waals surface area contributed by atoms with E-state index in [-0.39, 0.29) is 5.97 Å². The highest BCUT2D eigenvalue weighted by atomic mass is 16.5. The molecule has 0 amide bonds. The standard InChI is InChI=1S/C24H38O4/c1-5-9-13-19-15-16-21(23(25)27-17-11-7-3)22(20(19)14-10-6-2)24(26)28-18-12-8-4/h15-16H,5-14,17-18H2,1-4H3. The van der Waals surface area contributed by atoms with Crippen LogP contribution in [0, 0.1) is 0 Å². The first-order chi connectivity index (χ1) is 13.6. The van der Waals surface area contributed by atoms with Crippen molar-refractivity contribution < 1.29 is 19.1 Å². The Bertz CT molecular complexity index is 607. The summed E-state index contributed by atoms with van der Waals surface area (Å²) in [7, 11) is 0. The molecule has 1 aromatic carbocycles. The van der Waals surface area contributed by atoms with Crippen LogP contribution in [0.3, 0.4) is 0 Å². The van der Waals surface area contributed by atoms with E-state index in [0.29, 0.717) is 24.3 Å². The number of carbonyl (C=O) groups excluding carboxylic acids is 2. The molecule has 0 aliphatic rings. The zero-order valence-corrected chi connectivity index (χ0v) is 18.3. The van der Waals surface area contributed by atoms with Crippen molar-refractivity contribution in [2.45, 2.75) is 91.9 Å². The molecule has 0 saturated carbocycles. The molecule has 1 rings (SSSR count). The van der Waals surface area contributed by atoms with Gasteiger partial charge in [-0.15, -0.1) is 0 Å². The van der Waals surface area contributed by atoms with Gasteiger partial charge in [-0.2, -0.15) is 0 Å². The van der Waals surface area contributed by atoms with Crippen LogP contribution in [0.25, 0.3) is 0 Å².